The van der Waals surface area contributed by atoms with Gasteiger partial charge in [0.2, 0.25) is 0 Å². The first-order valence-electron chi connectivity index (χ1n) is 5.43. The molecule has 2 aromatic carbocycles. The van der Waals surface area contributed by atoms with Gasteiger partial charge in [0.25, 0.3) is 0 Å². The molecule has 0 saturated heterocycles. The van der Waals surface area contributed by atoms with Crippen LogP contribution in [0.15, 0.2) is 51.7 Å². The summed E-state index contributed by atoms with van der Waals surface area (Å²) in [6.45, 7) is 2.07. The summed E-state index contributed by atoms with van der Waals surface area (Å²) in [5.41, 5.74) is 4.77. The molecule has 0 atom stereocenters. The molecule has 1 heterocycles. The number of hydrogen-bond donors (Lipinski definition) is 1. The second-order valence-corrected chi connectivity index (χ2v) is 4.04. The standard InChI is InChI=1S/C14H11NO2/c1-9-4-2-3-5-11(9)10-6-7-13-12(8-10)15-14(16)17-13/h2-8H,1H3,(H,15,16). The lowest BCUT2D eigenvalue weighted by Crippen LogP contribution is -1.92. The van der Waals surface area contributed by atoms with Crippen LogP contribution >= 0.6 is 0 Å². The molecule has 0 saturated carbocycles. The summed E-state index contributed by atoms with van der Waals surface area (Å²) in [6.07, 6.45) is 0. The Balaban J connectivity index is 2.24. The molecule has 0 fully saturated rings. The number of benzene rings is 2. The monoisotopic (exact) mass is 225 g/mol. The van der Waals surface area contributed by atoms with Crippen LogP contribution in [-0.2, 0) is 0 Å². The van der Waals surface area contributed by atoms with Gasteiger partial charge in [-0.05, 0) is 35.7 Å². The van der Waals surface area contributed by atoms with E-state index in [-0.39, 0.29) is 0 Å². The highest BCUT2D eigenvalue weighted by atomic mass is 16.4. The van der Waals surface area contributed by atoms with E-state index in [4.69, 9.17) is 4.42 Å². The minimum Gasteiger partial charge on any atom is -0.408 e. The second kappa shape index (κ2) is 3.63. The van der Waals surface area contributed by atoms with Crippen molar-refractivity contribution in [1.82, 2.24) is 4.98 Å². The summed E-state index contributed by atoms with van der Waals surface area (Å²) in [4.78, 5) is 13.7. The second-order valence-electron chi connectivity index (χ2n) is 4.04. The predicted octanol–water partition coefficient (Wildman–Crippen LogP) is 3.10. The molecule has 3 rings (SSSR count). The SMILES string of the molecule is Cc1ccccc1-c1ccc2oc(=O)[nH]c2c1. The Morgan fingerprint density at radius 2 is 1.94 bits per heavy atom. The van der Waals surface area contributed by atoms with Gasteiger partial charge < -0.3 is 4.42 Å². The van der Waals surface area contributed by atoms with Crippen LogP contribution in [0.5, 0.6) is 0 Å². The molecule has 0 radical (unpaired) electrons. The van der Waals surface area contributed by atoms with Crippen molar-refractivity contribution < 1.29 is 4.42 Å². The van der Waals surface area contributed by atoms with Crippen LogP contribution in [0, 0.1) is 6.92 Å². The molecule has 3 aromatic rings. The summed E-state index contributed by atoms with van der Waals surface area (Å²) in [5, 5.41) is 0. The van der Waals surface area contributed by atoms with E-state index in [1.54, 1.807) is 0 Å². The van der Waals surface area contributed by atoms with Gasteiger partial charge in [-0.15, -0.1) is 0 Å². The van der Waals surface area contributed by atoms with E-state index < -0.39 is 5.76 Å². The number of rotatable bonds is 1. The summed E-state index contributed by atoms with van der Waals surface area (Å²) in [7, 11) is 0. The van der Waals surface area contributed by atoms with Crippen molar-refractivity contribution >= 4 is 11.1 Å². The van der Waals surface area contributed by atoms with Gasteiger partial charge in [-0.3, -0.25) is 4.98 Å². The van der Waals surface area contributed by atoms with E-state index in [9.17, 15) is 4.79 Å². The predicted molar refractivity (Wildman–Crippen MR) is 67.0 cm³/mol. The van der Waals surface area contributed by atoms with Crippen LogP contribution in [0.3, 0.4) is 0 Å². The number of hydrogen-bond acceptors (Lipinski definition) is 2. The van der Waals surface area contributed by atoms with Crippen LogP contribution in [-0.4, -0.2) is 4.98 Å². The van der Waals surface area contributed by atoms with E-state index in [1.807, 2.05) is 30.3 Å². The maximum Gasteiger partial charge on any atom is 0.417 e. The smallest absolute Gasteiger partial charge is 0.408 e. The average Bonchev–Trinajstić information content (AvgIpc) is 2.68. The van der Waals surface area contributed by atoms with Crippen LogP contribution in [0.2, 0.25) is 0 Å². The topological polar surface area (TPSA) is 46.0 Å². The fraction of sp³-hybridized carbons (Fsp3) is 0.0714. The van der Waals surface area contributed by atoms with Crippen molar-refractivity contribution in [3.63, 3.8) is 0 Å². The highest BCUT2D eigenvalue weighted by Gasteiger charge is 2.05. The summed E-state index contributed by atoms with van der Waals surface area (Å²) in [6, 6.07) is 13.9. The van der Waals surface area contributed by atoms with Crippen molar-refractivity contribution in [1.29, 1.82) is 0 Å². The first-order chi connectivity index (χ1) is 8.24. The van der Waals surface area contributed by atoms with Crippen LogP contribution in [0.25, 0.3) is 22.2 Å². The number of aromatic amines is 1. The first-order valence-corrected chi connectivity index (χ1v) is 5.43. The molecule has 0 aliphatic carbocycles. The van der Waals surface area contributed by atoms with Crippen molar-refractivity contribution in [2.75, 3.05) is 0 Å². The van der Waals surface area contributed by atoms with E-state index in [2.05, 4.69) is 24.0 Å². The van der Waals surface area contributed by atoms with Gasteiger partial charge in [0.05, 0.1) is 5.52 Å². The van der Waals surface area contributed by atoms with Gasteiger partial charge in [0.15, 0.2) is 5.58 Å². The Bertz CT molecular complexity index is 737. The summed E-state index contributed by atoms with van der Waals surface area (Å²) >= 11 is 0. The number of oxazole rings is 1. The van der Waals surface area contributed by atoms with Gasteiger partial charge in [-0.2, -0.15) is 0 Å². The van der Waals surface area contributed by atoms with E-state index >= 15 is 0 Å². The van der Waals surface area contributed by atoms with Gasteiger partial charge >= 0.3 is 5.76 Å². The lowest BCUT2D eigenvalue weighted by Gasteiger charge is -2.04. The fourth-order valence-electron chi connectivity index (χ4n) is 2.02. The molecular weight excluding hydrogens is 214 g/mol. The Hall–Kier alpha value is -2.29. The van der Waals surface area contributed by atoms with E-state index in [0.717, 1.165) is 16.6 Å². The molecule has 0 aliphatic heterocycles. The van der Waals surface area contributed by atoms with Crippen LogP contribution < -0.4 is 5.76 Å². The number of fused-ring (bicyclic) bond motifs is 1. The molecule has 0 amide bonds. The number of aromatic nitrogens is 1. The van der Waals surface area contributed by atoms with Gasteiger partial charge in [-0.1, -0.05) is 30.3 Å². The zero-order valence-electron chi connectivity index (χ0n) is 9.36. The highest BCUT2D eigenvalue weighted by molar-refractivity contribution is 5.80. The van der Waals surface area contributed by atoms with Gasteiger partial charge in [0.1, 0.15) is 0 Å². The molecule has 17 heavy (non-hydrogen) atoms. The van der Waals surface area contributed by atoms with E-state index in [0.29, 0.717) is 5.58 Å². The van der Waals surface area contributed by atoms with Crippen molar-refractivity contribution in [3.05, 3.63) is 58.6 Å². The fourth-order valence-corrected chi connectivity index (χ4v) is 2.02. The Kier molecular flexibility index (Phi) is 2.11. The molecule has 0 spiro atoms. The molecule has 84 valence electrons. The quantitative estimate of drug-likeness (QED) is 0.691. The minimum atomic E-state index is -0.415. The molecule has 0 bridgehead atoms. The molecule has 0 aliphatic rings. The van der Waals surface area contributed by atoms with E-state index in [1.165, 1.54) is 5.56 Å². The number of nitrogens with one attached hydrogen (secondary N) is 1. The van der Waals surface area contributed by atoms with Crippen LogP contribution in [0.4, 0.5) is 0 Å². The molecule has 0 unspecified atom stereocenters. The molecule has 3 nitrogen and oxygen atoms in total. The normalized spacial score (nSPS) is 10.9. The lowest BCUT2D eigenvalue weighted by atomic mass is 10.0. The van der Waals surface area contributed by atoms with Crippen molar-refractivity contribution in [2.24, 2.45) is 0 Å². The molecule has 3 heteroatoms. The highest BCUT2D eigenvalue weighted by Crippen LogP contribution is 2.25. The Morgan fingerprint density at radius 3 is 2.76 bits per heavy atom. The third-order valence-electron chi connectivity index (χ3n) is 2.88. The number of H-pyrrole nitrogens is 1. The van der Waals surface area contributed by atoms with Gasteiger partial charge in [0, 0.05) is 0 Å². The Labute approximate surface area is 97.7 Å². The lowest BCUT2D eigenvalue weighted by molar-refractivity contribution is 0.555. The maximum absolute atomic E-state index is 11.1. The van der Waals surface area contributed by atoms with Crippen molar-refractivity contribution in [3.8, 4) is 11.1 Å². The number of aryl methyl sites for hydroxylation is 1. The zero-order chi connectivity index (χ0) is 11.8. The summed E-state index contributed by atoms with van der Waals surface area (Å²) in [5.74, 6) is -0.415. The van der Waals surface area contributed by atoms with Crippen molar-refractivity contribution in [2.45, 2.75) is 6.92 Å². The van der Waals surface area contributed by atoms with Gasteiger partial charge in [-0.25, -0.2) is 4.79 Å². The largest absolute Gasteiger partial charge is 0.417 e. The minimum absolute atomic E-state index is 0.415. The Morgan fingerprint density at radius 1 is 1.12 bits per heavy atom. The summed E-state index contributed by atoms with van der Waals surface area (Å²) < 4.78 is 4.98. The molecule has 1 aromatic heterocycles. The molecule has 1 N–H and O–H groups in total. The third-order valence-corrected chi connectivity index (χ3v) is 2.88. The maximum atomic E-state index is 11.1. The first kappa shape index (κ1) is 9.90. The average molecular weight is 225 g/mol. The third kappa shape index (κ3) is 1.65. The zero-order valence-corrected chi connectivity index (χ0v) is 9.36. The van der Waals surface area contributed by atoms with Crippen LogP contribution in [0.1, 0.15) is 5.56 Å². The molecular formula is C14H11NO2.